The summed E-state index contributed by atoms with van der Waals surface area (Å²) < 4.78 is 5.64. The molecule has 0 bridgehead atoms. The average Bonchev–Trinajstić information content (AvgIpc) is 2.71. The number of rotatable bonds is 9. The predicted octanol–water partition coefficient (Wildman–Crippen LogP) is 3.41. The third-order valence-electron chi connectivity index (χ3n) is 5.87. The molecule has 158 valence electrons. The maximum atomic E-state index is 5.64. The van der Waals surface area contributed by atoms with Crippen molar-refractivity contribution in [2.45, 2.75) is 64.5 Å². The van der Waals surface area contributed by atoms with E-state index in [1.54, 1.807) is 0 Å². The Labute approximate surface area is 171 Å². The zero-order chi connectivity index (χ0) is 20.4. The first-order valence-corrected chi connectivity index (χ1v) is 10.8. The van der Waals surface area contributed by atoms with Crippen LogP contribution in [0.5, 0.6) is 0 Å². The molecule has 0 amide bonds. The zero-order valence-electron chi connectivity index (χ0n) is 18.5. The van der Waals surface area contributed by atoms with Gasteiger partial charge in [-0.3, -0.25) is 9.89 Å². The molecular formula is C23H40N4O. The van der Waals surface area contributed by atoms with Crippen molar-refractivity contribution in [3.8, 4) is 0 Å². The Hall–Kier alpha value is -1.59. The van der Waals surface area contributed by atoms with E-state index in [4.69, 9.17) is 4.74 Å². The maximum absolute atomic E-state index is 5.64. The summed E-state index contributed by atoms with van der Waals surface area (Å²) in [4.78, 5) is 6.97. The van der Waals surface area contributed by atoms with Crippen molar-refractivity contribution in [1.29, 1.82) is 0 Å². The molecule has 5 nitrogen and oxygen atoms in total. The third-order valence-corrected chi connectivity index (χ3v) is 5.87. The molecule has 5 heteroatoms. The second-order valence-corrected chi connectivity index (χ2v) is 8.39. The van der Waals surface area contributed by atoms with E-state index in [-0.39, 0.29) is 5.41 Å². The van der Waals surface area contributed by atoms with Gasteiger partial charge in [0.15, 0.2) is 5.96 Å². The minimum absolute atomic E-state index is 0.114. The number of nitrogens with one attached hydrogen (secondary N) is 2. The first kappa shape index (κ1) is 22.7. The van der Waals surface area contributed by atoms with Crippen molar-refractivity contribution in [2.75, 3.05) is 39.9 Å². The highest BCUT2D eigenvalue weighted by molar-refractivity contribution is 5.79. The lowest BCUT2D eigenvalue weighted by Crippen LogP contribution is -2.48. The van der Waals surface area contributed by atoms with Crippen molar-refractivity contribution >= 4 is 5.96 Å². The number of hydrogen-bond acceptors (Lipinski definition) is 3. The molecule has 2 N–H and O–H groups in total. The van der Waals surface area contributed by atoms with E-state index < -0.39 is 0 Å². The average molecular weight is 389 g/mol. The molecule has 1 aromatic rings. The summed E-state index contributed by atoms with van der Waals surface area (Å²) in [6.45, 7) is 13.6. The smallest absolute Gasteiger partial charge is 0.191 e. The molecule has 1 saturated heterocycles. The Bertz CT molecular complexity index is 572. The topological polar surface area (TPSA) is 48.9 Å². The van der Waals surface area contributed by atoms with Gasteiger partial charge in [0, 0.05) is 57.4 Å². The van der Waals surface area contributed by atoms with Crippen molar-refractivity contribution in [2.24, 2.45) is 4.99 Å². The van der Waals surface area contributed by atoms with Crippen LogP contribution in [0, 0.1) is 0 Å². The quantitative estimate of drug-likeness (QED) is 0.387. The highest BCUT2D eigenvalue weighted by Crippen LogP contribution is 2.34. The highest BCUT2D eigenvalue weighted by Gasteiger charge is 2.34. The van der Waals surface area contributed by atoms with Crippen molar-refractivity contribution in [3.05, 3.63) is 35.9 Å². The second kappa shape index (κ2) is 11.4. The van der Waals surface area contributed by atoms with Gasteiger partial charge in [0.2, 0.25) is 0 Å². The van der Waals surface area contributed by atoms with E-state index >= 15 is 0 Å². The highest BCUT2D eigenvalue weighted by atomic mass is 16.5. The van der Waals surface area contributed by atoms with Gasteiger partial charge in [-0.2, -0.15) is 0 Å². The molecule has 0 radical (unpaired) electrons. The molecular weight excluding hydrogens is 348 g/mol. The van der Waals surface area contributed by atoms with Crippen LogP contribution in [0.1, 0.15) is 52.5 Å². The van der Waals surface area contributed by atoms with Crippen LogP contribution in [0.3, 0.4) is 0 Å². The summed E-state index contributed by atoms with van der Waals surface area (Å²) >= 11 is 0. The van der Waals surface area contributed by atoms with Gasteiger partial charge >= 0.3 is 0 Å². The molecule has 0 aliphatic carbocycles. The van der Waals surface area contributed by atoms with E-state index in [1.807, 2.05) is 7.05 Å². The molecule has 0 atom stereocenters. The first-order valence-electron chi connectivity index (χ1n) is 10.8. The Morgan fingerprint density at radius 3 is 2.29 bits per heavy atom. The van der Waals surface area contributed by atoms with Gasteiger partial charge in [0.05, 0.1) is 0 Å². The molecule has 1 aliphatic heterocycles. The van der Waals surface area contributed by atoms with Crippen LogP contribution < -0.4 is 10.6 Å². The Morgan fingerprint density at radius 1 is 1.07 bits per heavy atom. The molecule has 2 rings (SSSR count). The van der Waals surface area contributed by atoms with Crippen LogP contribution in [0.4, 0.5) is 0 Å². The van der Waals surface area contributed by atoms with Crippen molar-refractivity contribution in [1.82, 2.24) is 15.5 Å². The van der Waals surface area contributed by atoms with Gasteiger partial charge in [-0.1, -0.05) is 30.3 Å². The number of benzene rings is 1. The molecule has 0 unspecified atom stereocenters. The Morgan fingerprint density at radius 2 is 1.71 bits per heavy atom. The number of aliphatic imine (C=N–C) groups is 1. The standard InChI is InChI=1S/C23H40N4O/c1-19(2)27(20(3)4)15-9-14-25-22(24-5)26-18-23(12-16-28-17-13-23)21-10-7-6-8-11-21/h6-8,10-11,19-20H,9,12-18H2,1-5H3,(H2,24,25,26). The summed E-state index contributed by atoms with van der Waals surface area (Å²) in [5, 5.41) is 7.07. The van der Waals surface area contributed by atoms with Gasteiger partial charge < -0.3 is 15.4 Å². The van der Waals surface area contributed by atoms with E-state index in [1.165, 1.54) is 5.56 Å². The second-order valence-electron chi connectivity index (χ2n) is 8.39. The van der Waals surface area contributed by atoms with Crippen LogP contribution in [-0.2, 0) is 10.2 Å². The van der Waals surface area contributed by atoms with Gasteiger partial charge in [0.1, 0.15) is 0 Å². The lowest BCUT2D eigenvalue weighted by molar-refractivity contribution is 0.0514. The molecule has 0 spiro atoms. The number of guanidine groups is 1. The van der Waals surface area contributed by atoms with Crippen molar-refractivity contribution in [3.63, 3.8) is 0 Å². The maximum Gasteiger partial charge on any atom is 0.191 e. The molecule has 0 saturated carbocycles. The molecule has 1 aliphatic rings. The van der Waals surface area contributed by atoms with E-state index in [9.17, 15) is 0 Å². The molecule has 28 heavy (non-hydrogen) atoms. The number of ether oxygens (including phenoxy) is 1. The van der Waals surface area contributed by atoms with Crippen LogP contribution in [0.25, 0.3) is 0 Å². The van der Waals surface area contributed by atoms with E-state index in [0.717, 1.165) is 58.1 Å². The summed E-state index contributed by atoms with van der Waals surface area (Å²) in [6, 6.07) is 12.0. The summed E-state index contributed by atoms with van der Waals surface area (Å²) in [5.41, 5.74) is 1.51. The van der Waals surface area contributed by atoms with Crippen LogP contribution >= 0.6 is 0 Å². The van der Waals surface area contributed by atoms with Crippen molar-refractivity contribution < 1.29 is 4.74 Å². The van der Waals surface area contributed by atoms with E-state index in [2.05, 4.69) is 78.6 Å². The largest absolute Gasteiger partial charge is 0.381 e. The van der Waals surface area contributed by atoms with Gasteiger partial charge in [-0.05, 0) is 52.5 Å². The van der Waals surface area contributed by atoms with Gasteiger partial charge in [-0.15, -0.1) is 0 Å². The number of hydrogen-bond donors (Lipinski definition) is 2. The summed E-state index contributed by atoms with van der Waals surface area (Å²) in [7, 11) is 1.85. The van der Waals surface area contributed by atoms with Gasteiger partial charge in [-0.25, -0.2) is 0 Å². The van der Waals surface area contributed by atoms with E-state index in [0.29, 0.717) is 12.1 Å². The fraction of sp³-hybridized carbons (Fsp3) is 0.696. The van der Waals surface area contributed by atoms with Crippen LogP contribution in [-0.4, -0.2) is 62.8 Å². The lowest BCUT2D eigenvalue weighted by atomic mass is 9.74. The Kier molecular flexibility index (Phi) is 9.26. The zero-order valence-corrected chi connectivity index (χ0v) is 18.5. The first-order chi connectivity index (χ1) is 13.5. The fourth-order valence-electron chi connectivity index (χ4n) is 4.18. The summed E-state index contributed by atoms with van der Waals surface area (Å²) in [5.74, 6) is 0.891. The lowest BCUT2D eigenvalue weighted by Gasteiger charge is -2.38. The van der Waals surface area contributed by atoms with Crippen LogP contribution in [0.2, 0.25) is 0 Å². The minimum Gasteiger partial charge on any atom is -0.381 e. The molecule has 1 fully saturated rings. The Balaban J connectivity index is 1.86. The SMILES string of the molecule is CN=C(NCCCN(C(C)C)C(C)C)NCC1(c2ccccc2)CCOCC1. The predicted molar refractivity (Wildman–Crippen MR) is 119 cm³/mol. The number of nitrogens with zero attached hydrogens (tertiary/aromatic N) is 2. The monoisotopic (exact) mass is 388 g/mol. The third kappa shape index (κ3) is 6.49. The molecule has 1 aromatic carbocycles. The normalized spacial score (nSPS) is 17.4. The summed E-state index contributed by atoms with van der Waals surface area (Å²) in [6.07, 6.45) is 3.19. The van der Waals surface area contributed by atoms with Gasteiger partial charge in [0.25, 0.3) is 0 Å². The minimum atomic E-state index is 0.114. The molecule has 1 heterocycles. The van der Waals surface area contributed by atoms with Crippen LogP contribution in [0.15, 0.2) is 35.3 Å². The molecule has 0 aromatic heterocycles. The fourth-order valence-corrected chi connectivity index (χ4v) is 4.18.